The maximum Gasteiger partial charge on any atom is 0.338 e. The summed E-state index contributed by atoms with van der Waals surface area (Å²) in [7, 11) is 0. The molecule has 0 spiro atoms. The van der Waals surface area contributed by atoms with E-state index < -0.39 is 5.97 Å². The highest BCUT2D eigenvalue weighted by molar-refractivity contribution is 6.16. The smallest absolute Gasteiger partial charge is 0.338 e. The number of rotatable bonds is 2. The van der Waals surface area contributed by atoms with Crippen molar-refractivity contribution >= 4 is 17.6 Å². The van der Waals surface area contributed by atoms with Crippen LogP contribution in [0.2, 0.25) is 0 Å². The monoisotopic (exact) mass is 172 g/mol. The molecule has 0 atom stereocenters. The van der Waals surface area contributed by atoms with Crippen LogP contribution in [0.4, 0.5) is 0 Å². The molecule has 4 nitrogen and oxygen atoms in total. The second kappa shape index (κ2) is 3.30. The van der Waals surface area contributed by atoms with Gasteiger partial charge in [0.1, 0.15) is 5.82 Å². The number of carboxylic acid groups (broad SMARTS) is 1. The van der Waals surface area contributed by atoms with E-state index >= 15 is 0 Å². The fourth-order valence-electron chi connectivity index (χ4n) is 0.534. The molecule has 1 heterocycles. The molecule has 5 heteroatoms. The van der Waals surface area contributed by atoms with Crippen LogP contribution in [0.3, 0.4) is 0 Å². The normalized spacial score (nSPS) is 9.55. The molecule has 1 aromatic rings. The molecule has 1 aromatic heterocycles. The Labute approximate surface area is 67.9 Å². The average molecular weight is 173 g/mol. The first kappa shape index (κ1) is 7.94. The van der Waals surface area contributed by atoms with Crippen LogP contribution in [0.1, 0.15) is 16.2 Å². The number of hydrogen-bond acceptors (Lipinski definition) is 3. The third kappa shape index (κ3) is 1.88. The summed E-state index contributed by atoms with van der Waals surface area (Å²) in [4.78, 5) is 17.7. The number of aromatic nitrogens is 2. The van der Waals surface area contributed by atoms with Gasteiger partial charge in [0.25, 0.3) is 0 Å². The molecular weight excluding hydrogens is 168 g/mol. The fraction of sp³-hybridized carbons (Fsp3) is 0.167. The molecule has 0 bridgehead atoms. The summed E-state index contributed by atoms with van der Waals surface area (Å²) in [6.07, 6.45) is 2.46. The lowest BCUT2D eigenvalue weighted by Crippen LogP contribution is -2.00. The predicted octanol–water partition coefficient (Wildman–Crippen LogP) is 0.914. The van der Waals surface area contributed by atoms with E-state index in [1.165, 1.54) is 12.4 Å². The van der Waals surface area contributed by atoms with Crippen molar-refractivity contribution in [3.05, 3.63) is 23.8 Å². The standard InChI is InChI=1S/C6H5ClN2O2/c7-1-5-8-2-4(3-9-5)6(10)11/h2-3H,1H2,(H,10,11). The molecule has 11 heavy (non-hydrogen) atoms. The van der Waals surface area contributed by atoms with Crippen LogP contribution < -0.4 is 0 Å². The highest BCUT2D eigenvalue weighted by Crippen LogP contribution is 1.97. The predicted molar refractivity (Wildman–Crippen MR) is 38.5 cm³/mol. The van der Waals surface area contributed by atoms with Gasteiger partial charge in [0.2, 0.25) is 0 Å². The molecule has 0 aliphatic carbocycles. The van der Waals surface area contributed by atoms with Crippen molar-refractivity contribution < 1.29 is 9.90 Å². The summed E-state index contributed by atoms with van der Waals surface area (Å²) in [6.45, 7) is 0. The third-order valence-electron chi connectivity index (χ3n) is 1.07. The zero-order valence-electron chi connectivity index (χ0n) is 5.49. The molecule has 0 fully saturated rings. The van der Waals surface area contributed by atoms with E-state index in [2.05, 4.69) is 9.97 Å². The van der Waals surface area contributed by atoms with Gasteiger partial charge < -0.3 is 5.11 Å². The van der Waals surface area contributed by atoms with Gasteiger partial charge in [-0.15, -0.1) is 11.6 Å². The molecule has 0 aliphatic heterocycles. The van der Waals surface area contributed by atoms with Crippen LogP contribution in [0.15, 0.2) is 12.4 Å². The van der Waals surface area contributed by atoms with Gasteiger partial charge in [0.15, 0.2) is 0 Å². The van der Waals surface area contributed by atoms with Crippen LogP contribution in [0.25, 0.3) is 0 Å². The van der Waals surface area contributed by atoms with Gasteiger partial charge in [-0.2, -0.15) is 0 Å². The van der Waals surface area contributed by atoms with Gasteiger partial charge in [-0.25, -0.2) is 14.8 Å². The van der Waals surface area contributed by atoms with Crippen LogP contribution in [-0.4, -0.2) is 21.0 Å². The largest absolute Gasteiger partial charge is 0.478 e. The SMILES string of the molecule is O=C(O)c1cnc(CCl)nc1. The maximum absolute atomic E-state index is 10.3. The highest BCUT2D eigenvalue weighted by Gasteiger charge is 2.02. The first-order valence-corrected chi connectivity index (χ1v) is 3.37. The van der Waals surface area contributed by atoms with E-state index in [1.54, 1.807) is 0 Å². The van der Waals surface area contributed by atoms with Crippen LogP contribution in [0.5, 0.6) is 0 Å². The molecule has 0 saturated carbocycles. The number of alkyl halides is 1. The lowest BCUT2D eigenvalue weighted by Gasteiger charge is -1.93. The van der Waals surface area contributed by atoms with E-state index in [0.717, 1.165) is 0 Å². The second-order valence-electron chi connectivity index (χ2n) is 1.83. The van der Waals surface area contributed by atoms with Crippen molar-refractivity contribution in [1.29, 1.82) is 0 Å². The summed E-state index contributed by atoms with van der Waals surface area (Å²) < 4.78 is 0. The third-order valence-corrected chi connectivity index (χ3v) is 1.31. The van der Waals surface area contributed by atoms with Crippen molar-refractivity contribution in [3.63, 3.8) is 0 Å². The zero-order chi connectivity index (χ0) is 8.27. The lowest BCUT2D eigenvalue weighted by atomic mass is 10.3. The Morgan fingerprint density at radius 1 is 1.55 bits per heavy atom. The summed E-state index contributed by atoms with van der Waals surface area (Å²) >= 11 is 5.39. The van der Waals surface area contributed by atoms with Crippen LogP contribution in [-0.2, 0) is 5.88 Å². The van der Waals surface area contributed by atoms with Crippen molar-refractivity contribution in [2.24, 2.45) is 0 Å². The fourth-order valence-corrected chi connectivity index (χ4v) is 0.672. The van der Waals surface area contributed by atoms with Gasteiger partial charge in [0.05, 0.1) is 11.4 Å². The number of hydrogen-bond donors (Lipinski definition) is 1. The number of halogens is 1. The Morgan fingerprint density at radius 2 is 2.09 bits per heavy atom. The summed E-state index contributed by atoms with van der Waals surface area (Å²) in [5.74, 6) is -0.414. The van der Waals surface area contributed by atoms with Gasteiger partial charge in [-0.05, 0) is 0 Å². The van der Waals surface area contributed by atoms with E-state index in [0.29, 0.717) is 5.82 Å². The minimum Gasteiger partial charge on any atom is -0.478 e. The summed E-state index contributed by atoms with van der Waals surface area (Å²) in [5.41, 5.74) is 0.0684. The molecule has 58 valence electrons. The van der Waals surface area contributed by atoms with E-state index in [9.17, 15) is 4.79 Å². The maximum atomic E-state index is 10.3. The Kier molecular flexibility index (Phi) is 2.38. The molecule has 0 aromatic carbocycles. The van der Waals surface area contributed by atoms with Crippen molar-refractivity contribution in [3.8, 4) is 0 Å². The molecule has 1 N–H and O–H groups in total. The Bertz CT molecular complexity index is 260. The Balaban J connectivity index is 2.91. The van der Waals surface area contributed by atoms with Gasteiger partial charge in [-0.3, -0.25) is 0 Å². The van der Waals surface area contributed by atoms with Crippen molar-refractivity contribution in [1.82, 2.24) is 9.97 Å². The van der Waals surface area contributed by atoms with Crippen LogP contribution in [0, 0.1) is 0 Å². The number of carbonyl (C=O) groups is 1. The molecule has 0 saturated heterocycles. The molecule has 0 amide bonds. The first-order chi connectivity index (χ1) is 5.24. The quantitative estimate of drug-likeness (QED) is 0.674. The van der Waals surface area contributed by atoms with E-state index in [1.807, 2.05) is 0 Å². The molecule has 0 aliphatic rings. The summed E-state index contributed by atoms with van der Waals surface area (Å²) in [6, 6.07) is 0. The van der Waals surface area contributed by atoms with E-state index in [4.69, 9.17) is 16.7 Å². The molecule has 0 radical (unpaired) electrons. The highest BCUT2D eigenvalue weighted by atomic mass is 35.5. The number of carboxylic acids is 1. The zero-order valence-corrected chi connectivity index (χ0v) is 6.25. The lowest BCUT2D eigenvalue weighted by molar-refractivity contribution is 0.0696. The first-order valence-electron chi connectivity index (χ1n) is 2.84. The van der Waals surface area contributed by atoms with Crippen LogP contribution >= 0.6 is 11.6 Å². The second-order valence-corrected chi connectivity index (χ2v) is 2.09. The van der Waals surface area contributed by atoms with E-state index in [-0.39, 0.29) is 11.4 Å². The summed E-state index contributed by atoms with van der Waals surface area (Å²) in [5, 5.41) is 8.44. The number of nitrogens with zero attached hydrogens (tertiary/aromatic N) is 2. The number of aromatic carboxylic acids is 1. The van der Waals surface area contributed by atoms with Crippen molar-refractivity contribution in [2.45, 2.75) is 5.88 Å². The molecule has 0 unspecified atom stereocenters. The minimum atomic E-state index is -1.04. The topological polar surface area (TPSA) is 63.1 Å². The van der Waals surface area contributed by atoms with Gasteiger partial charge in [0, 0.05) is 12.4 Å². The molecule has 1 rings (SSSR count). The molecular formula is C6H5ClN2O2. The van der Waals surface area contributed by atoms with Crippen molar-refractivity contribution in [2.75, 3.05) is 0 Å². The average Bonchev–Trinajstić information content (AvgIpc) is 2.05. The Hall–Kier alpha value is -1.16. The van der Waals surface area contributed by atoms with Gasteiger partial charge >= 0.3 is 5.97 Å². The van der Waals surface area contributed by atoms with Gasteiger partial charge in [-0.1, -0.05) is 0 Å². The Morgan fingerprint density at radius 3 is 2.45 bits per heavy atom. The minimum absolute atomic E-state index is 0.0684.